The number of hydrogen-bond donors (Lipinski definition) is 2. The SMILES string of the molecule is COC(=O)C1=C(Nc2cccc(C(=O)OCC(=O)c3cccc([N+](=O)[O-])c3)c2)C(=O)N(CCO)C1. The molecule has 12 nitrogen and oxygen atoms in total. The molecular weight excluding hydrogens is 462 g/mol. The van der Waals surface area contributed by atoms with Crippen molar-refractivity contribution in [3.63, 3.8) is 0 Å². The summed E-state index contributed by atoms with van der Waals surface area (Å²) in [6, 6.07) is 10.9. The topological polar surface area (TPSA) is 165 Å². The monoisotopic (exact) mass is 483 g/mol. The molecule has 1 aliphatic rings. The third kappa shape index (κ3) is 5.86. The lowest BCUT2D eigenvalue weighted by Gasteiger charge is -2.15. The molecule has 0 saturated heterocycles. The van der Waals surface area contributed by atoms with Crippen LogP contribution in [0.1, 0.15) is 20.7 Å². The predicted molar refractivity (Wildman–Crippen MR) is 120 cm³/mol. The maximum atomic E-state index is 12.6. The van der Waals surface area contributed by atoms with E-state index in [1.165, 1.54) is 48.4 Å². The second-order valence-electron chi connectivity index (χ2n) is 7.31. The Bertz CT molecular complexity index is 1220. The van der Waals surface area contributed by atoms with Crippen molar-refractivity contribution in [3.05, 3.63) is 81.0 Å². The number of ketones is 1. The van der Waals surface area contributed by atoms with Gasteiger partial charge in [-0.25, -0.2) is 9.59 Å². The van der Waals surface area contributed by atoms with Crippen LogP contribution in [0.2, 0.25) is 0 Å². The summed E-state index contributed by atoms with van der Waals surface area (Å²) in [7, 11) is 1.18. The number of rotatable bonds is 10. The molecule has 0 aliphatic carbocycles. The van der Waals surface area contributed by atoms with Gasteiger partial charge < -0.3 is 24.8 Å². The maximum Gasteiger partial charge on any atom is 0.338 e. The van der Waals surface area contributed by atoms with Crippen molar-refractivity contribution in [1.29, 1.82) is 0 Å². The zero-order chi connectivity index (χ0) is 25.5. The second kappa shape index (κ2) is 11.0. The Labute approximate surface area is 198 Å². The molecule has 12 heteroatoms. The summed E-state index contributed by atoms with van der Waals surface area (Å²) in [6.07, 6.45) is 0. The highest BCUT2D eigenvalue weighted by Gasteiger charge is 2.34. The van der Waals surface area contributed by atoms with Crippen molar-refractivity contribution in [2.24, 2.45) is 0 Å². The summed E-state index contributed by atoms with van der Waals surface area (Å²) in [5.41, 5.74) is 0.135. The molecule has 3 rings (SSSR count). The van der Waals surface area contributed by atoms with Crippen molar-refractivity contribution < 1.29 is 38.7 Å². The molecule has 2 aromatic rings. The van der Waals surface area contributed by atoms with Gasteiger partial charge in [0.25, 0.3) is 11.6 Å². The Morgan fingerprint density at radius 1 is 1.11 bits per heavy atom. The molecule has 2 N–H and O–H groups in total. The van der Waals surface area contributed by atoms with E-state index in [0.29, 0.717) is 5.69 Å². The van der Waals surface area contributed by atoms with Crippen LogP contribution in [0.3, 0.4) is 0 Å². The highest BCUT2D eigenvalue weighted by molar-refractivity contribution is 6.08. The van der Waals surface area contributed by atoms with Crippen molar-refractivity contribution >= 4 is 35.0 Å². The summed E-state index contributed by atoms with van der Waals surface area (Å²) in [5, 5.41) is 22.8. The number of Topliss-reactive ketones (excluding diaryl/α,β-unsaturated/α-hetero) is 1. The van der Waals surface area contributed by atoms with E-state index in [1.54, 1.807) is 6.07 Å². The molecule has 0 radical (unpaired) electrons. The van der Waals surface area contributed by atoms with E-state index in [0.717, 1.165) is 6.07 Å². The summed E-state index contributed by atoms with van der Waals surface area (Å²) in [6.45, 7) is -0.945. The summed E-state index contributed by atoms with van der Waals surface area (Å²) in [5.74, 6) is -2.69. The number of carbonyl (C=O) groups is 4. The van der Waals surface area contributed by atoms with Crippen molar-refractivity contribution in [2.45, 2.75) is 0 Å². The molecule has 0 atom stereocenters. The van der Waals surface area contributed by atoms with Gasteiger partial charge in [-0.2, -0.15) is 0 Å². The van der Waals surface area contributed by atoms with Gasteiger partial charge in [0.05, 0.1) is 36.3 Å². The van der Waals surface area contributed by atoms with Gasteiger partial charge in [-0.1, -0.05) is 18.2 Å². The van der Waals surface area contributed by atoms with Crippen LogP contribution in [0.4, 0.5) is 11.4 Å². The first kappa shape index (κ1) is 25.1. The largest absolute Gasteiger partial charge is 0.466 e. The van der Waals surface area contributed by atoms with E-state index >= 15 is 0 Å². The van der Waals surface area contributed by atoms with Crippen molar-refractivity contribution in [3.8, 4) is 0 Å². The van der Waals surface area contributed by atoms with E-state index in [9.17, 15) is 29.3 Å². The lowest BCUT2D eigenvalue weighted by molar-refractivity contribution is -0.384. The Kier molecular flexibility index (Phi) is 7.89. The molecule has 0 spiro atoms. The number of nitrogens with zero attached hydrogens (tertiary/aromatic N) is 2. The number of esters is 2. The van der Waals surface area contributed by atoms with Gasteiger partial charge in [-0.3, -0.25) is 19.7 Å². The highest BCUT2D eigenvalue weighted by atomic mass is 16.6. The zero-order valence-electron chi connectivity index (χ0n) is 18.6. The summed E-state index contributed by atoms with van der Waals surface area (Å²) in [4.78, 5) is 61.0. The Hall–Kier alpha value is -4.58. The number of nitro benzene ring substituents is 1. The average Bonchev–Trinajstić information content (AvgIpc) is 3.17. The number of anilines is 1. The zero-order valence-corrected chi connectivity index (χ0v) is 18.6. The number of methoxy groups -OCH3 is 1. The molecule has 1 aliphatic heterocycles. The standard InChI is InChI=1S/C23H21N3O9/c1-34-23(31)18-12-25(8-9-27)21(29)20(18)24-16-6-2-5-15(10-16)22(30)35-13-19(28)14-4-3-7-17(11-14)26(32)33/h2-7,10-11,24,27H,8-9,12-13H2,1H3. The number of non-ortho nitro benzene ring substituents is 1. The second-order valence-corrected chi connectivity index (χ2v) is 7.31. The van der Waals surface area contributed by atoms with Gasteiger partial charge in [0.15, 0.2) is 6.61 Å². The normalized spacial score (nSPS) is 13.0. The third-order valence-electron chi connectivity index (χ3n) is 5.03. The van der Waals surface area contributed by atoms with Gasteiger partial charge >= 0.3 is 11.9 Å². The van der Waals surface area contributed by atoms with E-state index in [2.05, 4.69) is 5.32 Å². The van der Waals surface area contributed by atoms with Crippen LogP contribution >= 0.6 is 0 Å². The fraction of sp³-hybridized carbons (Fsp3) is 0.217. The summed E-state index contributed by atoms with van der Waals surface area (Å²) >= 11 is 0. The highest BCUT2D eigenvalue weighted by Crippen LogP contribution is 2.23. The van der Waals surface area contributed by atoms with Crippen LogP contribution in [0, 0.1) is 10.1 Å². The number of aliphatic hydroxyl groups excluding tert-OH is 1. The molecule has 0 aromatic heterocycles. The number of hydrogen-bond acceptors (Lipinski definition) is 10. The first-order valence-electron chi connectivity index (χ1n) is 10.3. The number of ether oxygens (including phenoxy) is 2. The molecular formula is C23H21N3O9. The minimum atomic E-state index is -0.839. The van der Waals surface area contributed by atoms with Gasteiger partial charge in [-0.05, 0) is 18.2 Å². The molecule has 1 heterocycles. The van der Waals surface area contributed by atoms with Crippen LogP contribution in [-0.4, -0.2) is 72.0 Å². The Morgan fingerprint density at radius 2 is 1.83 bits per heavy atom. The third-order valence-corrected chi connectivity index (χ3v) is 5.03. The molecule has 35 heavy (non-hydrogen) atoms. The van der Waals surface area contributed by atoms with Crippen LogP contribution in [-0.2, 0) is 19.1 Å². The van der Waals surface area contributed by atoms with Crippen LogP contribution in [0.5, 0.6) is 0 Å². The number of nitro groups is 1. The quantitative estimate of drug-likeness (QED) is 0.218. The van der Waals surface area contributed by atoms with Gasteiger partial charge in [0, 0.05) is 29.9 Å². The number of nitrogens with one attached hydrogen (secondary N) is 1. The Morgan fingerprint density at radius 3 is 2.51 bits per heavy atom. The van der Waals surface area contributed by atoms with Gasteiger partial charge in [0.2, 0.25) is 5.78 Å². The van der Waals surface area contributed by atoms with E-state index in [1.807, 2.05) is 0 Å². The minimum Gasteiger partial charge on any atom is -0.466 e. The molecule has 182 valence electrons. The fourth-order valence-electron chi connectivity index (χ4n) is 3.31. The fourth-order valence-corrected chi connectivity index (χ4v) is 3.31. The molecule has 1 amide bonds. The maximum absolute atomic E-state index is 12.6. The van der Waals surface area contributed by atoms with E-state index in [-0.39, 0.29) is 47.8 Å². The molecule has 0 unspecified atom stereocenters. The first-order chi connectivity index (χ1) is 16.7. The number of carbonyl (C=O) groups excluding carboxylic acids is 4. The van der Waals surface area contributed by atoms with Crippen molar-refractivity contribution in [1.82, 2.24) is 4.90 Å². The van der Waals surface area contributed by atoms with E-state index < -0.39 is 35.2 Å². The lowest BCUT2D eigenvalue weighted by Crippen LogP contribution is -2.31. The first-order valence-corrected chi connectivity index (χ1v) is 10.3. The summed E-state index contributed by atoms with van der Waals surface area (Å²) < 4.78 is 9.77. The molecule has 2 aromatic carbocycles. The van der Waals surface area contributed by atoms with Gasteiger partial charge in [-0.15, -0.1) is 0 Å². The van der Waals surface area contributed by atoms with Crippen LogP contribution in [0.25, 0.3) is 0 Å². The molecule has 0 fully saturated rings. The number of β-amino-alcohol motifs (C(OH)–C–C–N with tert-alkyl or cyclic N) is 1. The number of benzene rings is 2. The predicted octanol–water partition coefficient (Wildman–Crippen LogP) is 1.31. The van der Waals surface area contributed by atoms with Crippen LogP contribution in [0.15, 0.2) is 59.8 Å². The number of aliphatic hydroxyl groups is 1. The molecule has 0 bridgehead atoms. The number of amides is 1. The average molecular weight is 483 g/mol. The minimum absolute atomic E-state index is 0.0233. The van der Waals surface area contributed by atoms with E-state index in [4.69, 9.17) is 14.6 Å². The van der Waals surface area contributed by atoms with Gasteiger partial charge in [0.1, 0.15) is 5.70 Å². The van der Waals surface area contributed by atoms with Crippen molar-refractivity contribution in [2.75, 3.05) is 38.7 Å². The Balaban J connectivity index is 1.71. The molecule has 0 saturated carbocycles. The smallest absolute Gasteiger partial charge is 0.338 e. The van der Waals surface area contributed by atoms with Crippen LogP contribution < -0.4 is 5.32 Å². The lowest BCUT2D eigenvalue weighted by atomic mass is 10.1.